The highest BCUT2D eigenvalue weighted by molar-refractivity contribution is 7.92. The van der Waals surface area contributed by atoms with Gasteiger partial charge in [0.15, 0.2) is 6.10 Å². The van der Waals surface area contributed by atoms with Crippen LogP contribution in [0.5, 0.6) is 5.75 Å². The Kier molecular flexibility index (Phi) is 6.57. The number of hydrogen-bond donors (Lipinski definition) is 0. The second kappa shape index (κ2) is 9.40. The van der Waals surface area contributed by atoms with Gasteiger partial charge in [-0.05, 0) is 43.2 Å². The van der Waals surface area contributed by atoms with Gasteiger partial charge in [0, 0.05) is 19.6 Å². The Morgan fingerprint density at radius 1 is 1.06 bits per heavy atom. The first-order chi connectivity index (χ1) is 15.8. The van der Waals surface area contributed by atoms with Crippen LogP contribution in [0.15, 0.2) is 47.4 Å². The van der Waals surface area contributed by atoms with E-state index in [1.165, 1.54) is 36.5 Å². The molecule has 0 spiro atoms. The van der Waals surface area contributed by atoms with Gasteiger partial charge in [-0.25, -0.2) is 13.2 Å². The van der Waals surface area contributed by atoms with Crippen LogP contribution in [-0.4, -0.2) is 71.3 Å². The number of sulfonamides is 1. The van der Waals surface area contributed by atoms with E-state index >= 15 is 0 Å². The number of anilines is 1. The summed E-state index contributed by atoms with van der Waals surface area (Å²) in [6.45, 7) is 3.52. The van der Waals surface area contributed by atoms with E-state index in [1.807, 2.05) is 12.1 Å². The van der Waals surface area contributed by atoms with E-state index in [2.05, 4.69) is 0 Å². The number of carbonyl (C=O) groups is 2. The summed E-state index contributed by atoms with van der Waals surface area (Å²) in [6.07, 6.45) is -0.423. The number of hydrogen-bond acceptors (Lipinski definition) is 7. The van der Waals surface area contributed by atoms with Crippen LogP contribution in [-0.2, 0) is 30.7 Å². The number of rotatable bonds is 6. The molecule has 2 aromatic rings. The third-order valence-corrected chi connectivity index (χ3v) is 7.59. The Morgan fingerprint density at radius 2 is 1.79 bits per heavy atom. The topological polar surface area (TPSA) is 102 Å². The van der Waals surface area contributed by atoms with Crippen molar-refractivity contribution < 1.29 is 32.2 Å². The fourth-order valence-electron chi connectivity index (χ4n) is 4.01. The van der Waals surface area contributed by atoms with Crippen molar-refractivity contribution >= 4 is 27.6 Å². The molecule has 2 heterocycles. The van der Waals surface area contributed by atoms with Gasteiger partial charge in [-0.1, -0.05) is 18.2 Å². The number of nitrogens with zero attached hydrogens (tertiary/aromatic N) is 2. The lowest BCUT2D eigenvalue weighted by Gasteiger charge is -2.29. The van der Waals surface area contributed by atoms with Crippen LogP contribution >= 0.6 is 0 Å². The summed E-state index contributed by atoms with van der Waals surface area (Å²) in [5.74, 6) is -1.00. The second-order valence-corrected chi connectivity index (χ2v) is 9.67. The number of fused-ring (bicyclic) bond motifs is 1. The molecule has 0 saturated carbocycles. The van der Waals surface area contributed by atoms with Crippen LogP contribution in [0, 0.1) is 0 Å². The van der Waals surface area contributed by atoms with Crippen molar-refractivity contribution in [1.82, 2.24) is 4.90 Å². The summed E-state index contributed by atoms with van der Waals surface area (Å²) in [5, 5.41) is 0. The predicted molar refractivity (Wildman–Crippen MR) is 120 cm³/mol. The number of ether oxygens (including phenoxy) is 3. The van der Waals surface area contributed by atoms with Crippen LogP contribution in [0.4, 0.5) is 5.69 Å². The standard InChI is InChI=1S/C23H26N2O7S/c1-16(22(26)24-11-13-31-14-12-24)32-23(27)19-15-18(7-8-21(19)30-2)33(28,29)25-10-9-17-5-3-4-6-20(17)25/h3-8,15-16H,9-14H2,1-2H3. The largest absolute Gasteiger partial charge is 0.496 e. The summed E-state index contributed by atoms with van der Waals surface area (Å²) >= 11 is 0. The predicted octanol–water partition coefficient (Wildman–Crippen LogP) is 1.85. The molecule has 10 heteroatoms. The molecule has 2 aliphatic rings. The molecule has 176 valence electrons. The summed E-state index contributed by atoms with van der Waals surface area (Å²) in [6, 6.07) is 11.4. The van der Waals surface area contributed by atoms with Gasteiger partial charge in [-0.15, -0.1) is 0 Å². The Hall–Kier alpha value is -3.11. The van der Waals surface area contributed by atoms with Crippen molar-refractivity contribution in [3.8, 4) is 5.75 Å². The smallest absolute Gasteiger partial charge is 0.342 e. The number of esters is 1. The van der Waals surface area contributed by atoms with Crippen LogP contribution in [0.1, 0.15) is 22.8 Å². The fourth-order valence-corrected chi connectivity index (χ4v) is 5.54. The highest BCUT2D eigenvalue weighted by atomic mass is 32.2. The van der Waals surface area contributed by atoms with Crippen molar-refractivity contribution in [2.75, 3.05) is 44.3 Å². The minimum Gasteiger partial charge on any atom is -0.496 e. The van der Waals surface area contributed by atoms with Gasteiger partial charge in [0.05, 0.1) is 30.9 Å². The molecule has 1 saturated heterocycles. The van der Waals surface area contributed by atoms with E-state index < -0.39 is 22.1 Å². The fraction of sp³-hybridized carbons (Fsp3) is 0.391. The third kappa shape index (κ3) is 4.53. The Labute approximate surface area is 192 Å². The highest BCUT2D eigenvalue weighted by Crippen LogP contribution is 2.34. The van der Waals surface area contributed by atoms with Gasteiger partial charge in [-0.3, -0.25) is 9.10 Å². The Balaban J connectivity index is 1.58. The number of amides is 1. The number of carbonyl (C=O) groups excluding carboxylic acids is 2. The van der Waals surface area contributed by atoms with Crippen molar-refractivity contribution in [2.24, 2.45) is 0 Å². The molecule has 1 amide bonds. The molecular weight excluding hydrogens is 448 g/mol. The monoisotopic (exact) mass is 474 g/mol. The summed E-state index contributed by atoms with van der Waals surface area (Å²) in [7, 11) is -2.54. The van der Waals surface area contributed by atoms with E-state index in [1.54, 1.807) is 17.0 Å². The van der Waals surface area contributed by atoms with Crippen molar-refractivity contribution in [1.29, 1.82) is 0 Å². The van der Waals surface area contributed by atoms with Crippen LogP contribution in [0.2, 0.25) is 0 Å². The molecule has 0 radical (unpaired) electrons. The lowest BCUT2D eigenvalue weighted by molar-refractivity contribution is -0.143. The summed E-state index contributed by atoms with van der Waals surface area (Å²) in [4.78, 5) is 27.0. The molecule has 1 unspecified atom stereocenters. The molecular formula is C23H26N2O7S. The van der Waals surface area contributed by atoms with Crippen LogP contribution in [0.25, 0.3) is 0 Å². The maximum absolute atomic E-state index is 13.4. The number of morpholine rings is 1. The SMILES string of the molecule is COc1ccc(S(=O)(=O)N2CCc3ccccc32)cc1C(=O)OC(C)C(=O)N1CCOCC1. The van der Waals surface area contributed by atoms with Gasteiger partial charge in [-0.2, -0.15) is 0 Å². The first kappa shape index (κ1) is 23.1. The maximum atomic E-state index is 13.4. The average Bonchev–Trinajstić information content (AvgIpc) is 3.28. The van der Waals surface area contributed by atoms with Gasteiger partial charge < -0.3 is 19.1 Å². The lowest BCUT2D eigenvalue weighted by atomic mass is 10.2. The molecule has 33 heavy (non-hydrogen) atoms. The maximum Gasteiger partial charge on any atom is 0.342 e. The van der Waals surface area contributed by atoms with Gasteiger partial charge >= 0.3 is 5.97 Å². The highest BCUT2D eigenvalue weighted by Gasteiger charge is 2.32. The third-order valence-electron chi connectivity index (χ3n) is 5.78. The molecule has 0 N–H and O–H groups in total. The van der Waals surface area contributed by atoms with Gasteiger partial charge in [0.1, 0.15) is 11.3 Å². The number of methoxy groups -OCH3 is 1. The molecule has 1 fully saturated rings. The zero-order chi connectivity index (χ0) is 23.6. The molecule has 0 bridgehead atoms. The Morgan fingerprint density at radius 3 is 2.52 bits per heavy atom. The summed E-state index contributed by atoms with van der Waals surface area (Å²) < 4.78 is 44.0. The molecule has 0 aliphatic carbocycles. The van der Waals surface area contributed by atoms with E-state index in [0.29, 0.717) is 45.0 Å². The van der Waals surface area contributed by atoms with E-state index in [-0.39, 0.29) is 22.1 Å². The molecule has 9 nitrogen and oxygen atoms in total. The van der Waals surface area contributed by atoms with Gasteiger partial charge in [0.25, 0.3) is 15.9 Å². The van der Waals surface area contributed by atoms with E-state index in [9.17, 15) is 18.0 Å². The molecule has 2 aromatic carbocycles. The molecule has 0 aromatic heterocycles. The number of benzene rings is 2. The van der Waals surface area contributed by atoms with Crippen molar-refractivity contribution in [2.45, 2.75) is 24.3 Å². The zero-order valence-electron chi connectivity index (χ0n) is 18.5. The van der Waals surface area contributed by atoms with Gasteiger partial charge in [0.2, 0.25) is 0 Å². The summed E-state index contributed by atoms with van der Waals surface area (Å²) in [5.41, 5.74) is 1.51. The minimum absolute atomic E-state index is 0.0564. The second-order valence-electron chi connectivity index (χ2n) is 7.80. The van der Waals surface area contributed by atoms with Crippen molar-refractivity contribution in [3.05, 3.63) is 53.6 Å². The van der Waals surface area contributed by atoms with E-state index in [4.69, 9.17) is 14.2 Å². The minimum atomic E-state index is -3.91. The van der Waals surface area contributed by atoms with Crippen LogP contribution < -0.4 is 9.04 Å². The first-order valence-electron chi connectivity index (χ1n) is 10.7. The van der Waals surface area contributed by atoms with E-state index in [0.717, 1.165) is 5.56 Å². The Bertz CT molecular complexity index is 1160. The molecule has 4 rings (SSSR count). The molecule has 1 atom stereocenters. The first-order valence-corrected chi connectivity index (χ1v) is 12.1. The van der Waals surface area contributed by atoms with Crippen LogP contribution in [0.3, 0.4) is 0 Å². The normalized spacial score (nSPS) is 16.8. The zero-order valence-corrected chi connectivity index (χ0v) is 19.3. The average molecular weight is 475 g/mol. The number of para-hydroxylation sites is 1. The molecule has 2 aliphatic heterocycles. The van der Waals surface area contributed by atoms with Crippen molar-refractivity contribution in [3.63, 3.8) is 0 Å². The lowest BCUT2D eigenvalue weighted by Crippen LogP contribution is -2.46. The quantitative estimate of drug-likeness (QED) is 0.589.